The van der Waals surface area contributed by atoms with Crippen LogP contribution >= 0.6 is 11.6 Å². The SMILES string of the molecule is CC(C)COc1ccccc1CNC(=O)c1c2c(c(Cl)n1C)CCC2. The van der Waals surface area contributed by atoms with Gasteiger partial charge in [-0.25, -0.2) is 0 Å². The maximum Gasteiger partial charge on any atom is 0.268 e. The molecule has 1 heterocycles. The number of halogens is 1. The molecule has 0 fully saturated rings. The van der Waals surface area contributed by atoms with E-state index in [1.807, 2.05) is 35.9 Å². The summed E-state index contributed by atoms with van der Waals surface area (Å²) in [6.45, 7) is 5.32. The van der Waals surface area contributed by atoms with Gasteiger partial charge in [0, 0.05) is 19.2 Å². The van der Waals surface area contributed by atoms with Crippen LogP contribution in [0.15, 0.2) is 24.3 Å². The smallest absolute Gasteiger partial charge is 0.268 e. The van der Waals surface area contributed by atoms with Gasteiger partial charge in [-0.3, -0.25) is 4.79 Å². The Kier molecular flexibility index (Phi) is 5.38. The van der Waals surface area contributed by atoms with Crippen molar-refractivity contribution in [3.8, 4) is 5.75 Å². The number of aromatic nitrogens is 1. The van der Waals surface area contributed by atoms with Crippen molar-refractivity contribution in [1.29, 1.82) is 0 Å². The summed E-state index contributed by atoms with van der Waals surface area (Å²) >= 11 is 6.38. The maximum absolute atomic E-state index is 12.8. The summed E-state index contributed by atoms with van der Waals surface area (Å²) in [5.74, 6) is 1.20. The Bertz CT molecular complexity index is 780. The summed E-state index contributed by atoms with van der Waals surface area (Å²) in [6.07, 6.45) is 2.95. The van der Waals surface area contributed by atoms with E-state index in [4.69, 9.17) is 16.3 Å². The van der Waals surface area contributed by atoms with Gasteiger partial charge in [0.2, 0.25) is 0 Å². The van der Waals surface area contributed by atoms with E-state index >= 15 is 0 Å². The third-order valence-electron chi connectivity index (χ3n) is 4.58. The minimum absolute atomic E-state index is 0.0776. The molecule has 0 aliphatic heterocycles. The molecular formula is C20H25ClN2O2. The Morgan fingerprint density at radius 3 is 2.76 bits per heavy atom. The van der Waals surface area contributed by atoms with Crippen LogP contribution in [0.3, 0.4) is 0 Å². The van der Waals surface area contributed by atoms with E-state index in [9.17, 15) is 4.79 Å². The van der Waals surface area contributed by atoms with Crippen molar-refractivity contribution in [2.75, 3.05) is 6.61 Å². The lowest BCUT2D eigenvalue weighted by molar-refractivity contribution is 0.0941. The highest BCUT2D eigenvalue weighted by Crippen LogP contribution is 2.33. The monoisotopic (exact) mass is 360 g/mol. The summed E-state index contributed by atoms with van der Waals surface area (Å²) < 4.78 is 7.67. The van der Waals surface area contributed by atoms with Gasteiger partial charge >= 0.3 is 0 Å². The zero-order valence-corrected chi connectivity index (χ0v) is 15.8. The normalized spacial score (nSPS) is 13.2. The minimum atomic E-state index is -0.0776. The molecule has 3 rings (SSSR count). The van der Waals surface area contributed by atoms with Gasteiger partial charge < -0.3 is 14.6 Å². The molecule has 1 amide bonds. The number of amides is 1. The quantitative estimate of drug-likeness (QED) is 0.841. The third-order valence-corrected chi connectivity index (χ3v) is 5.06. The van der Waals surface area contributed by atoms with Crippen LogP contribution in [0.2, 0.25) is 5.15 Å². The first kappa shape index (κ1) is 17.9. The highest BCUT2D eigenvalue weighted by atomic mass is 35.5. The maximum atomic E-state index is 12.8. The van der Waals surface area contributed by atoms with Gasteiger partial charge in [-0.1, -0.05) is 43.6 Å². The Hall–Kier alpha value is -1.94. The molecule has 1 aromatic carbocycles. The van der Waals surface area contributed by atoms with E-state index in [2.05, 4.69) is 19.2 Å². The van der Waals surface area contributed by atoms with Crippen molar-refractivity contribution >= 4 is 17.5 Å². The zero-order valence-electron chi connectivity index (χ0n) is 15.1. The Morgan fingerprint density at radius 2 is 2.00 bits per heavy atom. The number of carbonyl (C=O) groups is 1. The van der Waals surface area contributed by atoms with Crippen LogP contribution in [0.5, 0.6) is 5.75 Å². The molecule has 1 aliphatic rings. The summed E-state index contributed by atoms with van der Waals surface area (Å²) in [7, 11) is 1.86. The molecule has 4 nitrogen and oxygen atoms in total. The van der Waals surface area contributed by atoms with Gasteiger partial charge in [0.1, 0.15) is 16.6 Å². The van der Waals surface area contributed by atoms with E-state index in [1.54, 1.807) is 0 Å². The summed E-state index contributed by atoms with van der Waals surface area (Å²) in [4.78, 5) is 12.8. The average Bonchev–Trinajstić information content (AvgIpc) is 3.15. The molecule has 0 saturated heterocycles. The van der Waals surface area contributed by atoms with Gasteiger partial charge in [0.15, 0.2) is 0 Å². The van der Waals surface area contributed by atoms with Crippen molar-refractivity contribution in [2.24, 2.45) is 13.0 Å². The van der Waals surface area contributed by atoms with E-state index in [0.29, 0.717) is 29.9 Å². The predicted octanol–water partition coefficient (Wildman–Crippen LogP) is 4.13. The van der Waals surface area contributed by atoms with Crippen molar-refractivity contribution in [1.82, 2.24) is 9.88 Å². The molecule has 0 radical (unpaired) electrons. The Balaban J connectivity index is 1.73. The van der Waals surface area contributed by atoms with Crippen molar-refractivity contribution in [3.63, 3.8) is 0 Å². The zero-order chi connectivity index (χ0) is 18.0. The fourth-order valence-corrected chi connectivity index (χ4v) is 3.62. The lowest BCUT2D eigenvalue weighted by Gasteiger charge is -2.14. The van der Waals surface area contributed by atoms with Crippen molar-refractivity contribution in [2.45, 2.75) is 39.7 Å². The molecule has 0 unspecified atom stereocenters. The molecule has 0 bridgehead atoms. The number of hydrogen-bond donors (Lipinski definition) is 1. The molecule has 0 spiro atoms. The number of rotatable bonds is 6. The van der Waals surface area contributed by atoms with Crippen LogP contribution in [0, 0.1) is 5.92 Å². The largest absolute Gasteiger partial charge is 0.493 e. The molecule has 0 saturated carbocycles. The number of ether oxygens (including phenoxy) is 1. The van der Waals surface area contributed by atoms with Crippen LogP contribution in [-0.4, -0.2) is 17.1 Å². The van der Waals surface area contributed by atoms with Crippen molar-refractivity contribution < 1.29 is 9.53 Å². The molecule has 1 aliphatic carbocycles. The molecular weight excluding hydrogens is 336 g/mol. The number of nitrogens with one attached hydrogen (secondary N) is 1. The van der Waals surface area contributed by atoms with Gasteiger partial charge in [0.25, 0.3) is 5.91 Å². The molecule has 25 heavy (non-hydrogen) atoms. The standard InChI is InChI=1S/C20H25ClN2O2/c1-13(2)12-25-17-10-5-4-7-14(17)11-22-20(24)18-15-8-6-9-16(15)19(21)23(18)3/h4-5,7,10,13H,6,8-9,11-12H2,1-3H3,(H,22,24). The van der Waals surface area contributed by atoms with Crippen LogP contribution in [0.25, 0.3) is 0 Å². The summed E-state index contributed by atoms with van der Waals surface area (Å²) in [5, 5.41) is 3.72. The fraction of sp³-hybridized carbons (Fsp3) is 0.450. The number of benzene rings is 1. The van der Waals surface area contributed by atoms with E-state index in [0.717, 1.165) is 41.7 Å². The first-order valence-electron chi connectivity index (χ1n) is 8.83. The van der Waals surface area contributed by atoms with Crippen LogP contribution in [0.1, 0.15) is 47.4 Å². The fourth-order valence-electron chi connectivity index (χ4n) is 3.33. The second-order valence-electron chi connectivity index (χ2n) is 7.00. The number of nitrogens with zero attached hydrogens (tertiary/aromatic N) is 1. The van der Waals surface area contributed by atoms with Gasteiger partial charge in [-0.15, -0.1) is 0 Å². The van der Waals surface area contributed by atoms with Gasteiger partial charge in [-0.2, -0.15) is 0 Å². The molecule has 1 N–H and O–H groups in total. The summed E-state index contributed by atoms with van der Waals surface area (Å²) in [5.41, 5.74) is 3.91. The van der Waals surface area contributed by atoms with E-state index < -0.39 is 0 Å². The number of hydrogen-bond acceptors (Lipinski definition) is 2. The molecule has 1 aromatic heterocycles. The second kappa shape index (κ2) is 7.52. The number of fused-ring (bicyclic) bond motifs is 1. The molecule has 134 valence electrons. The third kappa shape index (κ3) is 3.69. The van der Waals surface area contributed by atoms with E-state index in [-0.39, 0.29) is 5.91 Å². The molecule has 0 atom stereocenters. The lowest BCUT2D eigenvalue weighted by atomic mass is 10.1. The molecule has 5 heteroatoms. The second-order valence-corrected chi connectivity index (χ2v) is 7.36. The van der Waals surface area contributed by atoms with Crippen LogP contribution in [-0.2, 0) is 26.4 Å². The Morgan fingerprint density at radius 1 is 1.28 bits per heavy atom. The minimum Gasteiger partial charge on any atom is -0.493 e. The van der Waals surface area contributed by atoms with E-state index in [1.165, 1.54) is 0 Å². The first-order chi connectivity index (χ1) is 12.0. The van der Waals surface area contributed by atoms with Crippen LogP contribution < -0.4 is 10.1 Å². The lowest BCUT2D eigenvalue weighted by Crippen LogP contribution is -2.26. The summed E-state index contributed by atoms with van der Waals surface area (Å²) in [6, 6.07) is 7.84. The molecule has 2 aromatic rings. The highest BCUT2D eigenvalue weighted by Gasteiger charge is 2.27. The predicted molar refractivity (Wildman–Crippen MR) is 100 cm³/mol. The van der Waals surface area contributed by atoms with Gasteiger partial charge in [-0.05, 0) is 42.4 Å². The van der Waals surface area contributed by atoms with Crippen LogP contribution in [0.4, 0.5) is 0 Å². The first-order valence-corrected chi connectivity index (χ1v) is 9.21. The number of para-hydroxylation sites is 1. The average molecular weight is 361 g/mol. The van der Waals surface area contributed by atoms with Gasteiger partial charge in [0.05, 0.1) is 6.61 Å². The van der Waals surface area contributed by atoms with Crippen molar-refractivity contribution in [3.05, 3.63) is 51.8 Å². The highest BCUT2D eigenvalue weighted by molar-refractivity contribution is 6.31. The number of carbonyl (C=O) groups excluding carboxylic acids is 1. The topological polar surface area (TPSA) is 43.3 Å². The Labute approximate surface area is 154 Å².